The van der Waals surface area contributed by atoms with Gasteiger partial charge in [-0.15, -0.1) is 0 Å². The van der Waals surface area contributed by atoms with Crippen LogP contribution in [0, 0.1) is 11.8 Å². The number of hydrogen-bond donors (Lipinski definition) is 5. The molecule has 8 nitrogen and oxygen atoms in total. The minimum absolute atomic E-state index is 0.0491. The number of aliphatic carboxylic acids is 1. The van der Waals surface area contributed by atoms with Crippen molar-refractivity contribution < 1.29 is 24.3 Å². The van der Waals surface area contributed by atoms with Gasteiger partial charge < -0.3 is 21.1 Å². The summed E-state index contributed by atoms with van der Waals surface area (Å²) < 4.78 is 0. The molecule has 9 heteroatoms. The van der Waals surface area contributed by atoms with Crippen molar-refractivity contribution in [2.45, 2.75) is 83.8 Å². The molecule has 0 aromatic carbocycles. The normalized spacial score (nSPS) is 18.8. The van der Waals surface area contributed by atoms with E-state index in [1.807, 2.05) is 13.8 Å². The van der Waals surface area contributed by atoms with Crippen LogP contribution in [0.4, 0.5) is 0 Å². The van der Waals surface area contributed by atoms with Crippen molar-refractivity contribution in [2.24, 2.45) is 11.8 Å². The molecule has 4 atom stereocenters. The quantitative estimate of drug-likeness (QED) is 0.318. The highest BCUT2D eigenvalue weighted by atomic mass is 32.1. The first-order valence-electron chi connectivity index (χ1n) is 10.4. The van der Waals surface area contributed by atoms with Gasteiger partial charge >= 0.3 is 5.97 Å². The lowest BCUT2D eigenvalue weighted by molar-refractivity contribution is -0.141. The molecule has 0 spiro atoms. The number of carboxylic acids is 1. The third kappa shape index (κ3) is 8.64. The van der Waals surface area contributed by atoms with Gasteiger partial charge in [0.25, 0.3) is 0 Å². The first kappa shape index (κ1) is 25.3. The summed E-state index contributed by atoms with van der Waals surface area (Å²) >= 11 is 3.98. The molecule has 0 radical (unpaired) electrons. The van der Waals surface area contributed by atoms with E-state index in [0.29, 0.717) is 18.8 Å². The smallest absolute Gasteiger partial charge is 0.327 e. The minimum atomic E-state index is -1.17. The van der Waals surface area contributed by atoms with Gasteiger partial charge in [-0.2, -0.15) is 12.6 Å². The van der Waals surface area contributed by atoms with Crippen molar-refractivity contribution in [1.82, 2.24) is 16.0 Å². The molecule has 0 aliphatic heterocycles. The van der Waals surface area contributed by atoms with E-state index >= 15 is 0 Å². The predicted molar refractivity (Wildman–Crippen MR) is 114 cm³/mol. The average Bonchev–Trinajstić information content (AvgIpc) is 2.69. The van der Waals surface area contributed by atoms with Gasteiger partial charge in [-0.25, -0.2) is 4.79 Å². The number of hydrogen-bond acceptors (Lipinski definition) is 5. The van der Waals surface area contributed by atoms with Crippen LogP contribution in [-0.2, 0) is 19.2 Å². The summed E-state index contributed by atoms with van der Waals surface area (Å²) in [5, 5.41) is 17.1. The second-order valence-corrected chi connectivity index (χ2v) is 8.31. The number of amides is 3. The van der Waals surface area contributed by atoms with Crippen LogP contribution in [-0.4, -0.2) is 52.7 Å². The summed E-state index contributed by atoms with van der Waals surface area (Å²) in [5.41, 5.74) is 0. The van der Waals surface area contributed by atoms with E-state index in [1.54, 1.807) is 0 Å². The first-order valence-corrected chi connectivity index (χ1v) is 11.0. The Balaban J connectivity index is 2.95. The Morgan fingerprint density at radius 3 is 2.07 bits per heavy atom. The topological polar surface area (TPSA) is 125 Å². The average molecular weight is 430 g/mol. The molecule has 0 heterocycles. The van der Waals surface area contributed by atoms with Gasteiger partial charge in [0.1, 0.15) is 18.1 Å². The third-order valence-electron chi connectivity index (χ3n) is 5.58. The first-order chi connectivity index (χ1) is 13.7. The summed E-state index contributed by atoms with van der Waals surface area (Å²) in [4.78, 5) is 48.5. The number of carboxylic acid groups (broad SMARTS) is 1. The molecule has 166 valence electrons. The maximum absolute atomic E-state index is 12.9. The molecule has 4 N–H and O–H groups in total. The summed E-state index contributed by atoms with van der Waals surface area (Å²) in [7, 11) is 0. The number of nitrogens with one attached hydrogen (secondary N) is 3. The monoisotopic (exact) mass is 429 g/mol. The van der Waals surface area contributed by atoms with Crippen molar-refractivity contribution in [3.8, 4) is 0 Å². The molecular weight excluding hydrogens is 394 g/mol. The van der Waals surface area contributed by atoms with Crippen LogP contribution in [0.15, 0.2) is 0 Å². The zero-order valence-electron chi connectivity index (χ0n) is 17.6. The zero-order valence-corrected chi connectivity index (χ0v) is 18.5. The summed E-state index contributed by atoms with van der Waals surface area (Å²) in [6.45, 7) is 5.12. The van der Waals surface area contributed by atoms with E-state index in [0.717, 1.165) is 25.7 Å². The molecule has 3 amide bonds. The molecule has 1 rings (SSSR count). The van der Waals surface area contributed by atoms with Gasteiger partial charge in [0.05, 0.1) is 0 Å². The van der Waals surface area contributed by atoms with Crippen LogP contribution < -0.4 is 16.0 Å². The Morgan fingerprint density at radius 1 is 1.00 bits per heavy atom. The second kappa shape index (κ2) is 12.7. The Kier molecular flexibility index (Phi) is 11.1. The summed E-state index contributed by atoms with van der Waals surface area (Å²) in [6, 6.07) is -2.73. The predicted octanol–water partition coefficient (Wildman–Crippen LogP) is 1.49. The van der Waals surface area contributed by atoms with Crippen molar-refractivity contribution >= 4 is 36.3 Å². The molecule has 1 saturated carbocycles. The highest BCUT2D eigenvalue weighted by molar-refractivity contribution is 7.80. The van der Waals surface area contributed by atoms with Gasteiger partial charge in [-0.1, -0.05) is 52.4 Å². The molecule has 1 aliphatic rings. The van der Waals surface area contributed by atoms with Crippen LogP contribution in [0.3, 0.4) is 0 Å². The van der Waals surface area contributed by atoms with E-state index in [4.69, 9.17) is 0 Å². The lowest BCUT2D eigenvalue weighted by Gasteiger charge is -2.30. The van der Waals surface area contributed by atoms with Crippen LogP contribution >= 0.6 is 12.6 Å². The molecular formula is C20H35N3O5S. The SMILES string of the molecule is CC[C@@H](C)[C@@H](NC(C)=O)C(=O)N[C@@H](CC1CCCCC1)C(=O)N[C@H](CS)C(=O)O. The van der Waals surface area contributed by atoms with Crippen LogP contribution in [0.5, 0.6) is 0 Å². The lowest BCUT2D eigenvalue weighted by Crippen LogP contribution is -2.57. The van der Waals surface area contributed by atoms with Gasteiger partial charge in [0.15, 0.2) is 0 Å². The van der Waals surface area contributed by atoms with Crippen molar-refractivity contribution in [2.75, 3.05) is 5.75 Å². The number of carbonyl (C=O) groups excluding carboxylic acids is 3. The maximum Gasteiger partial charge on any atom is 0.327 e. The van der Waals surface area contributed by atoms with Gasteiger partial charge in [-0.3, -0.25) is 14.4 Å². The zero-order chi connectivity index (χ0) is 22.0. The third-order valence-corrected chi connectivity index (χ3v) is 5.94. The summed E-state index contributed by atoms with van der Waals surface area (Å²) in [6.07, 6.45) is 6.43. The molecule has 0 aromatic rings. The van der Waals surface area contributed by atoms with E-state index in [-0.39, 0.29) is 17.6 Å². The lowest BCUT2D eigenvalue weighted by atomic mass is 9.84. The highest BCUT2D eigenvalue weighted by Gasteiger charge is 2.32. The standard InChI is InChI=1S/C20H35N3O5S/c1-4-12(2)17(21-13(3)24)19(26)22-15(10-14-8-6-5-7-9-14)18(25)23-16(11-29)20(27)28/h12,14-17,29H,4-11H2,1-3H3,(H,21,24)(H,22,26)(H,23,25)(H,27,28)/t12-,15+,16-,17-/m1/s1. The van der Waals surface area contributed by atoms with Crippen LogP contribution in [0.25, 0.3) is 0 Å². The molecule has 1 aliphatic carbocycles. The van der Waals surface area contributed by atoms with E-state index < -0.39 is 35.9 Å². The molecule has 29 heavy (non-hydrogen) atoms. The van der Waals surface area contributed by atoms with Crippen molar-refractivity contribution in [1.29, 1.82) is 0 Å². The Morgan fingerprint density at radius 2 is 1.59 bits per heavy atom. The minimum Gasteiger partial charge on any atom is -0.480 e. The molecule has 1 fully saturated rings. The van der Waals surface area contributed by atoms with Crippen molar-refractivity contribution in [3.63, 3.8) is 0 Å². The van der Waals surface area contributed by atoms with E-state index in [1.165, 1.54) is 13.3 Å². The van der Waals surface area contributed by atoms with Crippen molar-refractivity contribution in [3.05, 3.63) is 0 Å². The fourth-order valence-corrected chi connectivity index (χ4v) is 3.88. The second-order valence-electron chi connectivity index (χ2n) is 7.95. The van der Waals surface area contributed by atoms with Gasteiger partial charge in [0.2, 0.25) is 17.7 Å². The molecule has 0 bridgehead atoms. The summed E-state index contributed by atoms with van der Waals surface area (Å²) in [5.74, 6) is -2.32. The number of carbonyl (C=O) groups is 4. The molecule has 0 saturated heterocycles. The Bertz CT molecular complexity index is 580. The highest BCUT2D eigenvalue weighted by Crippen LogP contribution is 2.27. The Hall–Kier alpha value is -1.77. The number of rotatable bonds is 11. The fraction of sp³-hybridized carbons (Fsp3) is 0.800. The maximum atomic E-state index is 12.9. The van der Waals surface area contributed by atoms with Crippen LogP contribution in [0.2, 0.25) is 0 Å². The van der Waals surface area contributed by atoms with Crippen LogP contribution in [0.1, 0.15) is 65.7 Å². The molecule has 0 aromatic heterocycles. The molecule has 0 unspecified atom stereocenters. The van der Waals surface area contributed by atoms with E-state index in [9.17, 15) is 24.3 Å². The fourth-order valence-electron chi connectivity index (χ4n) is 3.63. The Labute approximate surface area is 178 Å². The largest absolute Gasteiger partial charge is 0.480 e. The van der Waals surface area contributed by atoms with Gasteiger partial charge in [-0.05, 0) is 18.3 Å². The van der Waals surface area contributed by atoms with E-state index in [2.05, 4.69) is 28.6 Å². The number of thiol groups is 1. The van der Waals surface area contributed by atoms with Gasteiger partial charge in [0, 0.05) is 12.7 Å².